The fourth-order valence-corrected chi connectivity index (χ4v) is 2.41. The Bertz CT molecular complexity index is 349. The Morgan fingerprint density at radius 2 is 1.95 bits per heavy atom. The molecule has 5 nitrogen and oxygen atoms in total. The first-order chi connectivity index (χ1) is 9.17. The van der Waals surface area contributed by atoms with E-state index in [2.05, 4.69) is 16.6 Å². The van der Waals surface area contributed by atoms with Gasteiger partial charge in [0, 0.05) is 18.6 Å². The highest BCUT2D eigenvalue weighted by molar-refractivity contribution is 5.97. The molecule has 1 fully saturated rings. The van der Waals surface area contributed by atoms with Gasteiger partial charge in [-0.25, -0.2) is 0 Å². The van der Waals surface area contributed by atoms with Gasteiger partial charge < -0.3 is 15.7 Å². The van der Waals surface area contributed by atoms with E-state index in [0.717, 1.165) is 32.1 Å². The lowest BCUT2D eigenvalue weighted by Crippen LogP contribution is -2.43. The molecule has 1 rings (SSSR count). The minimum absolute atomic E-state index is 0.0274. The Morgan fingerprint density at radius 3 is 2.63 bits per heavy atom. The second-order valence-corrected chi connectivity index (χ2v) is 4.91. The number of amides is 2. The Balaban J connectivity index is 2.40. The number of hydrogen-bond acceptors (Lipinski definition) is 3. The van der Waals surface area contributed by atoms with Crippen LogP contribution in [0.5, 0.6) is 0 Å². The van der Waals surface area contributed by atoms with E-state index in [4.69, 9.17) is 6.42 Å². The molecule has 0 aliphatic heterocycles. The van der Waals surface area contributed by atoms with Crippen LogP contribution in [0, 0.1) is 18.3 Å². The van der Waals surface area contributed by atoms with E-state index in [-0.39, 0.29) is 43.3 Å². The number of carbonyl (C=O) groups is 2. The summed E-state index contributed by atoms with van der Waals surface area (Å²) in [7, 11) is 0. The average Bonchev–Trinajstić information content (AvgIpc) is 2.61. The molecule has 0 aromatic heterocycles. The van der Waals surface area contributed by atoms with Gasteiger partial charge in [-0.3, -0.25) is 9.59 Å². The van der Waals surface area contributed by atoms with E-state index in [1.165, 1.54) is 0 Å². The van der Waals surface area contributed by atoms with Crippen molar-refractivity contribution in [2.45, 2.75) is 44.6 Å². The summed E-state index contributed by atoms with van der Waals surface area (Å²) in [6.45, 7) is 0.211. The molecule has 2 unspecified atom stereocenters. The van der Waals surface area contributed by atoms with Crippen LogP contribution in [-0.4, -0.2) is 36.1 Å². The highest BCUT2D eigenvalue weighted by Crippen LogP contribution is 2.23. The summed E-state index contributed by atoms with van der Waals surface area (Å²) < 4.78 is 0. The van der Waals surface area contributed by atoms with Gasteiger partial charge in [0.25, 0.3) is 0 Å². The maximum atomic E-state index is 11.8. The summed E-state index contributed by atoms with van der Waals surface area (Å²) in [4.78, 5) is 23.1. The molecule has 0 bridgehead atoms. The van der Waals surface area contributed by atoms with Crippen molar-refractivity contribution in [2.24, 2.45) is 5.92 Å². The Hall–Kier alpha value is -1.54. The zero-order chi connectivity index (χ0) is 14.1. The van der Waals surface area contributed by atoms with Crippen molar-refractivity contribution in [1.29, 1.82) is 0 Å². The number of hydrogen-bond donors (Lipinski definition) is 3. The Kier molecular flexibility index (Phi) is 6.98. The Morgan fingerprint density at radius 1 is 1.21 bits per heavy atom. The molecule has 0 radical (unpaired) electrons. The summed E-state index contributed by atoms with van der Waals surface area (Å²) in [6.07, 6.45) is 9.85. The quantitative estimate of drug-likeness (QED) is 0.377. The molecular formula is C14H22N2O3. The van der Waals surface area contributed by atoms with E-state index in [1.54, 1.807) is 0 Å². The SMILES string of the molecule is C#CCNC(=O)CC(=O)NC1CCCCCC1CO. The highest BCUT2D eigenvalue weighted by atomic mass is 16.3. The number of terminal acetylenes is 1. The van der Waals surface area contributed by atoms with Gasteiger partial charge in [0.15, 0.2) is 0 Å². The third-order valence-electron chi connectivity index (χ3n) is 3.45. The van der Waals surface area contributed by atoms with Crippen LogP contribution in [0.4, 0.5) is 0 Å². The van der Waals surface area contributed by atoms with Crippen molar-refractivity contribution >= 4 is 11.8 Å². The third-order valence-corrected chi connectivity index (χ3v) is 3.45. The van der Waals surface area contributed by atoms with E-state index < -0.39 is 0 Å². The first-order valence-corrected chi connectivity index (χ1v) is 6.77. The number of carbonyl (C=O) groups excluding carboxylic acids is 2. The van der Waals surface area contributed by atoms with Crippen LogP contribution in [0.25, 0.3) is 0 Å². The van der Waals surface area contributed by atoms with Crippen molar-refractivity contribution in [3.8, 4) is 12.3 Å². The molecule has 1 aliphatic rings. The zero-order valence-electron chi connectivity index (χ0n) is 11.2. The third kappa shape index (κ3) is 5.75. The molecule has 19 heavy (non-hydrogen) atoms. The molecular weight excluding hydrogens is 244 g/mol. The van der Waals surface area contributed by atoms with Crippen molar-refractivity contribution in [1.82, 2.24) is 10.6 Å². The summed E-state index contributed by atoms with van der Waals surface area (Å²) in [6, 6.07) is -0.0274. The minimum atomic E-state index is -0.371. The van der Waals surface area contributed by atoms with Crippen molar-refractivity contribution in [3.05, 3.63) is 0 Å². The molecule has 106 valence electrons. The monoisotopic (exact) mass is 266 g/mol. The maximum Gasteiger partial charge on any atom is 0.230 e. The van der Waals surface area contributed by atoms with E-state index in [0.29, 0.717) is 0 Å². The van der Waals surface area contributed by atoms with Crippen molar-refractivity contribution in [2.75, 3.05) is 13.2 Å². The standard InChI is InChI=1S/C14H22N2O3/c1-2-8-15-13(18)9-14(19)16-12-7-5-3-4-6-11(12)10-17/h1,11-12,17H,3-10H2,(H,15,18)(H,16,19). The van der Waals surface area contributed by atoms with Gasteiger partial charge in [-0.05, 0) is 12.8 Å². The number of rotatable bonds is 5. The highest BCUT2D eigenvalue weighted by Gasteiger charge is 2.25. The van der Waals surface area contributed by atoms with Crippen LogP contribution in [0.15, 0.2) is 0 Å². The Labute approximate surface area is 114 Å². The van der Waals surface area contributed by atoms with Crippen LogP contribution in [0.3, 0.4) is 0 Å². The predicted molar refractivity (Wildman–Crippen MR) is 72.1 cm³/mol. The molecule has 3 N–H and O–H groups in total. The molecule has 2 atom stereocenters. The van der Waals surface area contributed by atoms with E-state index >= 15 is 0 Å². The predicted octanol–water partition coefficient (Wildman–Crippen LogP) is 0.183. The smallest absolute Gasteiger partial charge is 0.230 e. The van der Waals surface area contributed by atoms with Crippen molar-refractivity contribution in [3.63, 3.8) is 0 Å². The molecule has 0 aromatic rings. The lowest BCUT2D eigenvalue weighted by molar-refractivity contribution is -0.129. The summed E-state index contributed by atoms with van der Waals surface area (Å²) in [5.41, 5.74) is 0. The minimum Gasteiger partial charge on any atom is -0.396 e. The van der Waals surface area contributed by atoms with Gasteiger partial charge in [0.05, 0.1) is 6.54 Å². The first-order valence-electron chi connectivity index (χ1n) is 6.77. The van der Waals surface area contributed by atoms with Gasteiger partial charge in [-0.2, -0.15) is 0 Å². The van der Waals surface area contributed by atoms with Crippen LogP contribution in [0.2, 0.25) is 0 Å². The van der Waals surface area contributed by atoms with Gasteiger partial charge >= 0.3 is 0 Å². The van der Waals surface area contributed by atoms with Crippen molar-refractivity contribution < 1.29 is 14.7 Å². The number of nitrogens with one attached hydrogen (secondary N) is 2. The summed E-state index contributed by atoms with van der Waals surface area (Å²) >= 11 is 0. The molecule has 5 heteroatoms. The summed E-state index contributed by atoms with van der Waals surface area (Å²) in [5.74, 6) is 1.70. The van der Waals surface area contributed by atoms with Gasteiger partial charge in [-0.15, -0.1) is 6.42 Å². The molecule has 0 spiro atoms. The molecule has 0 aromatic carbocycles. The van der Waals surface area contributed by atoms with Crippen LogP contribution in [-0.2, 0) is 9.59 Å². The molecule has 0 heterocycles. The first kappa shape index (κ1) is 15.5. The lowest BCUT2D eigenvalue weighted by atomic mass is 9.95. The van der Waals surface area contributed by atoms with Gasteiger partial charge in [0.2, 0.25) is 11.8 Å². The topological polar surface area (TPSA) is 78.4 Å². The molecule has 2 amide bonds. The van der Waals surface area contributed by atoms with Gasteiger partial charge in [-0.1, -0.05) is 25.2 Å². The normalized spacial score (nSPS) is 22.9. The van der Waals surface area contributed by atoms with Gasteiger partial charge in [0.1, 0.15) is 6.42 Å². The van der Waals surface area contributed by atoms with Crippen LogP contribution >= 0.6 is 0 Å². The number of aliphatic hydroxyl groups is 1. The molecule has 1 aliphatic carbocycles. The largest absolute Gasteiger partial charge is 0.396 e. The average molecular weight is 266 g/mol. The van der Waals surface area contributed by atoms with Crippen LogP contribution in [0.1, 0.15) is 38.5 Å². The summed E-state index contributed by atoms with van der Waals surface area (Å²) in [5, 5.41) is 14.7. The number of aliphatic hydroxyl groups excluding tert-OH is 1. The lowest BCUT2D eigenvalue weighted by Gasteiger charge is -2.24. The fraction of sp³-hybridized carbons (Fsp3) is 0.714. The fourth-order valence-electron chi connectivity index (χ4n) is 2.41. The second-order valence-electron chi connectivity index (χ2n) is 4.91. The van der Waals surface area contributed by atoms with Crippen LogP contribution < -0.4 is 10.6 Å². The molecule has 0 saturated heterocycles. The van der Waals surface area contributed by atoms with E-state index in [9.17, 15) is 14.7 Å². The second kappa shape index (κ2) is 8.54. The zero-order valence-corrected chi connectivity index (χ0v) is 11.2. The molecule has 1 saturated carbocycles. The maximum absolute atomic E-state index is 11.8. The van der Waals surface area contributed by atoms with E-state index in [1.807, 2.05) is 0 Å².